The molecule has 2 aliphatic rings. The highest BCUT2D eigenvalue weighted by atomic mass is 32.1. The summed E-state index contributed by atoms with van der Waals surface area (Å²) < 4.78 is 15.2. The number of thiophene rings is 1. The monoisotopic (exact) mass is 408 g/mol. The molecule has 29 heavy (non-hydrogen) atoms. The molecule has 0 amide bonds. The highest BCUT2D eigenvalue weighted by Crippen LogP contribution is 2.53. The highest BCUT2D eigenvalue weighted by Gasteiger charge is 2.44. The zero-order chi connectivity index (χ0) is 20.0. The Balaban J connectivity index is 1.46. The van der Waals surface area contributed by atoms with Crippen LogP contribution < -0.4 is 0 Å². The maximum Gasteiger partial charge on any atom is 0.123 e. The number of hydrogen-bond donors (Lipinski definition) is 1. The van der Waals surface area contributed by atoms with Gasteiger partial charge in [-0.3, -0.25) is 0 Å². The van der Waals surface area contributed by atoms with Crippen molar-refractivity contribution >= 4 is 17.4 Å². The minimum Gasteiger partial charge on any atom is -0.388 e. The molecule has 2 aromatic heterocycles. The first-order chi connectivity index (χ1) is 14.0. The van der Waals surface area contributed by atoms with E-state index in [0.29, 0.717) is 5.92 Å². The molecule has 150 valence electrons. The van der Waals surface area contributed by atoms with Crippen LogP contribution in [0, 0.1) is 17.2 Å². The van der Waals surface area contributed by atoms with Crippen LogP contribution >= 0.6 is 11.3 Å². The summed E-state index contributed by atoms with van der Waals surface area (Å²) >= 11 is 1.64. The Bertz CT molecular complexity index is 1040. The molecule has 0 aliphatic heterocycles. The maximum absolute atomic E-state index is 13.3. The van der Waals surface area contributed by atoms with E-state index in [1.807, 2.05) is 22.3 Å². The molecular formula is C24H25FN2OS. The molecule has 5 heteroatoms. The van der Waals surface area contributed by atoms with Crippen molar-refractivity contribution in [1.82, 2.24) is 9.78 Å². The Kier molecular flexibility index (Phi) is 4.67. The van der Waals surface area contributed by atoms with Gasteiger partial charge in [-0.2, -0.15) is 16.4 Å². The largest absolute Gasteiger partial charge is 0.388 e. The van der Waals surface area contributed by atoms with Crippen LogP contribution in [0.25, 0.3) is 11.8 Å². The first kappa shape index (κ1) is 18.8. The fourth-order valence-electron chi connectivity index (χ4n) is 5.18. The van der Waals surface area contributed by atoms with Crippen LogP contribution in [-0.2, 0) is 6.42 Å². The first-order valence-electron chi connectivity index (χ1n) is 10.3. The van der Waals surface area contributed by atoms with E-state index in [4.69, 9.17) is 0 Å². The van der Waals surface area contributed by atoms with Crippen LogP contribution in [-0.4, -0.2) is 14.9 Å². The molecule has 3 aromatic rings. The third-order valence-corrected chi connectivity index (χ3v) is 7.60. The first-order valence-corrected chi connectivity index (χ1v) is 11.2. The summed E-state index contributed by atoms with van der Waals surface area (Å²) in [6, 6.07) is 8.53. The van der Waals surface area contributed by atoms with Crippen LogP contribution in [0.4, 0.5) is 4.39 Å². The van der Waals surface area contributed by atoms with Gasteiger partial charge in [-0.25, -0.2) is 9.07 Å². The van der Waals surface area contributed by atoms with Gasteiger partial charge in [0.15, 0.2) is 0 Å². The Morgan fingerprint density at radius 1 is 1.31 bits per heavy atom. The molecule has 1 aromatic carbocycles. The fraction of sp³-hybridized carbons (Fsp3) is 0.375. The van der Waals surface area contributed by atoms with E-state index in [1.54, 1.807) is 23.5 Å². The molecular weight excluding hydrogens is 383 g/mol. The zero-order valence-corrected chi connectivity index (χ0v) is 17.3. The van der Waals surface area contributed by atoms with Crippen LogP contribution in [0.5, 0.6) is 0 Å². The Morgan fingerprint density at radius 2 is 2.14 bits per heavy atom. The van der Waals surface area contributed by atoms with Gasteiger partial charge < -0.3 is 5.11 Å². The normalized spacial score (nSPS) is 24.5. The summed E-state index contributed by atoms with van der Waals surface area (Å²) in [5.41, 5.74) is 5.78. The maximum atomic E-state index is 13.3. The second kappa shape index (κ2) is 7.22. The predicted octanol–water partition coefficient (Wildman–Crippen LogP) is 5.94. The molecule has 0 saturated heterocycles. The average molecular weight is 409 g/mol. The van der Waals surface area contributed by atoms with Gasteiger partial charge in [0.05, 0.1) is 23.7 Å². The average Bonchev–Trinajstić information content (AvgIpc) is 3.37. The van der Waals surface area contributed by atoms with Crippen molar-refractivity contribution in [2.45, 2.75) is 45.1 Å². The quantitative estimate of drug-likeness (QED) is 0.580. The molecule has 0 unspecified atom stereocenters. The number of allylic oxidation sites excluding steroid dienone is 1. The minimum absolute atomic E-state index is 0.0545. The summed E-state index contributed by atoms with van der Waals surface area (Å²) in [5.74, 6) is 0.208. The molecule has 3 atom stereocenters. The van der Waals surface area contributed by atoms with Crippen LogP contribution in [0.15, 0.2) is 52.9 Å². The van der Waals surface area contributed by atoms with E-state index in [0.717, 1.165) is 49.0 Å². The number of hydrogen-bond acceptors (Lipinski definition) is 3. The Morgan fingerprint density at radius 3 is 2.90 bits per heavy atom. The topological polar surface area (TPSA) is 38.0 Å². The van der Waals surface area contributed by atoms with Crippen LogP contribution in [0.1, 0.15) is 55.5 Å². The molecule has 5 rings (SSSR count). The third kappa shape index (κ3) is 3.26. The predicted molar refractivity (Wildman–Crippen MR) is 115 cm³/mol. The number of halogens is 1. The van der Waals surface area contributed by atoms with Crippen molar-refractivity contribution in [3.63, 3.8) is 0 Å². The van der Waals surface area contributed by atoms with Gasteiger partial charge in [0, 0.05) is 0 Å². The van der Waals surface area contributed by atoms with E-state index >= 15 is 0 Å². The smallest absolute Gasteiger partial charge is 0.123 e. The summed E-state index contributed by atoms with van der Waals surface area (Å²) in [6.45, 7) is 2.36. The van der Waals surface area contributed by atoms with E-state index in [-0.39, 0.29) is 11.2 Å². The van der Waals surface area contributed by atoms with Crippen molar-refractivity contribution in [2.75, 3.05) is 0 Å². The summed E-state index contributed by atoms with van der Waals surface area (Å²) in [7, 11) is 0. The van der Waals surface area contributed by atoms with Gasteiger partial charge in [-0.15, -0.1) is 0 Å². The van der Waals surface area contributed by atoms with Gasteiger partial charge in [0.25, 0.3) is 0 Å². The molecule has 1 N–H and O–H groups in total. The highest BCUT2D eigenvalue weighted by molar-refractivity contribution is 7.07. The van der Waals surface area contributed by atoms with Crippen molar-refractivity contribution in [1.29, 1.82) is 0 Å². The molecule has 2 aliphatic carbocycles. The number of aliphatic hydroxyl groups is 1. The van der Waals surface area contributed by atoms with E-state index in [9.17, 15) is 9.50 Å². The lowest BCUT2D eigenvalue weighted by Gasteiger charge is -2.46. The van der Waals surface area contributed by atoms with Crippen molar-refractivity contribution in [3.05, 3.63) is 75.5 Å². The number of fused-ring (bicyclic) bond motifs is 2. The second-order valence-corrected chi connectivity index (χ2v) is 9.38. The van der Waals surface area contributed by atoms with Crippen molar-refractivity contribution in [3.8, 4) is 5.69 Å². The Labute approximate surface area is 174 Å². The van der Waals surface area contributed by atoms with Gasteiger partial charge >= 0.3 is 0 Å². The van der Waals surface area contributed by atoms with Crippen LogP contribution in [0.3, 0.4) is 0 Å². The van der Waals surface area contributed by atoms with Gasteiger partial charge in [0.1, 0.15) is 5.82 Å². The van der Waals surface area contributed by atoms with Gasteiger partial charge in [-0.05, 0) is 102 Å². The summed E-state index contributed by atoms with van der Waals surface area (Å²) in [6.07, 6.45) is 9.00. The number of aromatic nitrogens is 2. The zero-order valence-electron chi connectivity index (χ0n) is 16.5. The van der Waals surface area contributed by atoms with Crippen molar-refractivity contribution < 1.29 is 9.50 Å². The summed E-state index contributed by atoms with van der Waals surface area (Å²) in [4.78, 5) is 0. The van der Waals surface area contributed by atoms with Crippen molar-refractivity contribution in [2.24, 2.45) is 11.3 Å². The fourth-order valence-corrected chi connectivity index (χ4v) is 5.89. The standard InChI is InChI=1S/C24H25FN2OS/c1-24-13-17-14-26-27(21-7-5-20(25)6-8-21)22(17)11-18(24)3-2-4-19(24)12-23(28)16-9-10-29-15-16/h5-11,14-15,19,23,28H,2-4,12-13H2,1H3/t19-,23-,24+/m1/s1. The second-order valence-electron chi connectivity index (χ2n) is 8.60. The lowest BCUT2D eigenvalue weighted by Crippen LogP contribution is -2.38. The lowest BCUT2D eigenvalue weighted by molar-refractivity contribution is 0.0836. The SMILES string of the molecule is C[C@]12Cc3cnn(-c4ccc(F)cc4)c3C=C1CCC[C@@H]2C[C@@H](O)c1ccsc1. The molecule has 3 nitrogen and oxygen atoms in total. The molecule has 0 spiro atoms. The minimum atomic E-state index is -0.397. The molecule has 0 bridgehead atoms. The number of aliphatic hydroxyl groups excluding tert-OH is 1. The third-order valence-electron chi connectivity index (χ3n) is 6.90. The lowest BCUT2D eigenvalue weighted by atomic mass is 9.58. The van der Waals surface area contributed by atoms with Gasteiger partial charge in [-0.1, -0.05) is 12.5 Å². The number of rotatable bonds is 4. The Hall–Kier alpha value is -2.24. The molecule has 0 radical (unpaired) electrons. The van der Waals surface area contributed by atoms with E-state index in [1.165, 1.54) is 23.3 Å². The van der Waals surface area contributed by atoms with Gasteiger partial charge in [0.2, 0.25) is 0 Å². The molecule has 1 saturated carbocycles. The van der Waals surface area contributed by atoms with E-state index < -0.39 is 6.10 Å². The number of benzene rings is 1. The molecule has 1 fully saturated rings. The van der Waals surface area contributed by atoms with E-state index in [2.05, 4.69) is 23.5 Å². The van der Waals surface area contributed by atoms with Crippen LogP contribution in [0.2, 0.25) is 0 Å². The number of nitrogens with zero attached hydrogens (tertiary/aromatic N) is 2. The summed E-state index contributed by atoms with van der Waals surface area (Å²) in [5, 5.41) is 19.5. The molecule has 2 heterocycles.